The van der Waals surface area contributed by atoms with Crippen molar-refractivity contribution in [2.75, 3.05) is 19.0 Å². The van der Waals surface area contributed by atoms with E-state index >= 15 is 0 Å². The van der Waals surface area contributed by atoms with Gasteiger partial charge in [0.05, 0.1) is 25.0 Å². The molecule has 7 heteroatoms. The van der Waals surface area contributed by atoms with Gasteiger partial charge in [-0.05, 0) is 48.9 Å². The topological polar surface area (TPSA) is 102 Å². The summed E-state index contributed by atoms with van der Waals surface area (Å²) in [4.78, 5) is 35.4. The second-order valence-corrected chi connectivity index (χ2v) is 6.06. The molecule has 0 saturated heterocycles. The van der Waals surface area contributed by atoms with Crippen LogP contribution in [0.15, 0.2) is 42.5 Å². The fraction of sp³-hybridized carbons (Fsp3) is 0.286. The maximum absolute atomic E-state index is 12.3. The minimum absolute atomic E-state index is 0.00322. The molecule has 2 aromatic rings. The fourth-order valence-corrected chi connectivity index (χ4v) is 2.47. The normalized spacial score (nSPS) is 10.2. The number of anilines is 1. The first kappa shape index (κ1) is 21.0. The van der Waals surface area contributed by atoms with Gasteiger partial charge in [0.25, 0.3) is 0 Å². The van der Waals surface area contributed by atoms with Crippen LogP contribution in [0.3, 0.4) is 0 Å². The van der Waals surface area contributed by atoms with Crippen molar-refractivity contribution in [2.24, 2.45) is 0 Å². The number of aromatic carboxylic acids is 1. The summed E-state index contributed by atoms with van der Waals surface area (Å²) in [7, 11) is 1.38. The molecule has 0 spiro atoms. The molecule has 0 fully saturated rings. The van der Waals surface area contributed by atoms with Gasteiger partial charge in [-0.2, -0.15) is 0 Å². The highest BCUT2D eigenvalue weighted by Gasteiger charge is 2.13. The molecule has 7 nitrogen and oxygen atoms in total. The molecule has 1 amide bonds. The van der Waals surface area contributed by atoms with Crippen LogP contribution in [0.1, 0.15) is 46.9 Å². The lowest BCUT2D eigenvalue weighted by molar-refractivity contribution is -0.116. The predicted molar refractivity (Wildman–Crippen MR) is 104 cm³/mol. The molecule has 0 atom stereocenters. The Kier molecular flexibility index (Phi) is 7.56. The predicted octanol–water partition coefficient (Wildman–Crippen LogP) is 3.78. The molecule has 148 valence electrons. The zero-order valence-electron chi connectivity index (χ0n) is 15.9. The third-order valence-corrected chi connectivity index (χ3v) is 3.95. The van der Waals surface area contributed by atoms with Crippen molar-refractivity contribution in [1.82, 2.24) is 0 Å². The molecule has 0 aliphatic rings. The molecule has 0 aliphatic heterocycles. The van der Waals surface area contributed by atoms with E-state index in [1.165, 1.54) is 25.3 Å². The van der Waals surface area contributed by atoms with E-state index in [2.05, 4.69) is 5.32 Å². The fourth-order valence-electron chi connectivity index (χ4n) is 2.47. The molecular weight excluding hydrogens is 362 g/mol. The number of methoxy groups -OCH3 is 1. The number of ether oxygens (including phenoxy) is 2. The highest BCUT2D eigenvalue weighted by atomic mass is 16.5. The largest absolute Gasteiger partial charge is 0.495 e. The molecule has 0 heterocycles. The lowest BCUT2D eigenvalue weighted by Crippen LogP contribution is -2.14. The molecule has 0 unspecified atom stereocenters. The number of rotatable bonds is 10. The van der Waals surface area contributed by atoms with E-state index in [1.54, 1.807) is 24.3 Å². The number of carboxylic acids is 1. The van der Waals surface area contributed by atoms with Crippen molar-refractivity contribution >= 4 is 23.3 Å². The van der Waals surface area contributed by atoms with Crippen molar-refractivity contribution < 1.29 is 29.0 Å². The molecule has 2 N–H and O–H groups in total. The highest BCUT2D eigenvalue weighted by Crippen LogP contribution is 2.26. The van der Waals surface area contributed by atoms with Gasteiger partial charge in [-0.1, -0.05) is 6.92 Å². The molecule has 0 radical (unpaired) electrons. The third-order valence-electron chi connectivity index (χ3n) is 3.95. The number of benzene rings is 2. The number of Topliss-reactive ketones (excluding diaryl/α,β-unsaturated/α-hetero) is 1. The second-order valence-electron chi connectivity index (χ2n) is 6.06. The number of hydrogen-bond donors (Lipinski definition) is 2. The van der Waals surface area contributed by atoms with Crippen molar-refractivity contribution in [3.05, 3.63) is 53.6 Å². The van der Waals surface area contributed by atoms with Gasteiger partial charge in [0.15, 0.2) is 5.78 Å². The molecule has 2 aromatic carbocycles. The molecule has 0 aromatic heterocycles. The summed E-state index contributed by atoms with van der Waals surface area (Å²) in [6, 6.07) is 11.0. The Bertz CT molecular complexity index is 844. The van der Waals surface area contributed by atoms with Gasteiger partial charge >= 0.3 is 5.97 Å². The Balaban J connectivity index is 1.91. The van der Waals surface area contributed by atoms with Crippen molar-refractivity contribution in [3.63, 3.8) is 0 Å². The van der Waals surface area contributed by atoms with Gasteiger partial charge in [-0.25, -0.2) is 4.79 Å². The summed E-state index contributed by atoms with van der Waals surface area (Å²) < 4.78 is 10.6. The SMILES string of the molecule is CCCOc1ccc(C(=O)CCC(=O)Nc2ccc(C(=O)O)cc2OC)cc1. The summed E-state index contributed by atoms with van der Waals surface area (Å²) >= 11 is 0. The standard InChI is InChI=1S/C21H23NO6/c1-3-12-28-16-7-4-14(5-8-16)18(23)10-11-20(24)22-17-9-6-15(21(25)26)13-19(17)27-2/h4-9,13H,3,10-12H2,1-2H3,(H,22,24)(H,25,26). The van der Waals surface area contributed by atoms with Gasteiger partial charge in [0.2, 0.25) is 5.91 Å². The van der Waals surface area contributed by atoms with Crippen LogP contribution in [-0.4, -0.2) is 36.5 Å². The van der Waals surface area contributed by atoms with E-state index in [1.807, 2.05) is 6.92 Å². The van der Waals surface area contributed by atoms with Crippen LogP contribution in [0.5, 0.6) is 11.5 Å². The quantitative estimate of drug-likeness (QED) is 0.604. The van der Waals surface area contributed by atoms with E-state index in [-0.39, 0.29) is 35.8 Å². The summed E-state index contributed by atoms with van der Waals surface area (Å²) in [6.45, 7) is 2.63. The van der Waals surface area contributed by atoms with Gasteiger partial charge < -0.3 is 19.9 Å². The maximum Gasteiger partial charge on any atom is 0.335 e. The van der Waals surface area contributed by atoms with E-state index in [4.69, 9.17) is 14.6 Å². The number of hydrogen-bond acceptors (Lipinski definition) is 5. The number of carboxylic acid groups (broad SMARTS) is 1. The molecule has 2 rings (SSSR count). The summed E-state index contributed by atoms with van der Waals surface area (Å²) in [5.41, 5.74) is 0.916. The Morgan fingerprint density at radius 3 is 2.29 bits per heavy atom. The molecular formula is C21H23NO6. The first-order valence-corrected chi connectivity index (χ1v) is 8.91. The van der Waals surface area contributed by atoms with Crippen LogP contribution in [0.2, 0.25) is 0 Å². The number of carbonyl (C=O) groups excluding carboxylic acids is 2. The highest BCUT2D eigenvalue weighted by molar-refractivity contribution is 6.00. The van der Waals surface area contributed by atoms with E-state index < -0.39 is 5.97 Å². The Morgan fingerprint density at radius 2 is 1.68 bits per heavy atom. The van der Waals surface area contributed by atoms with Crippen molar-refractivity contribution in [1.29, 1.82) is 0 Å². The monoisotopic (exact) mass is 385 g/mol. The van der Waals surface area contributed by atoms with Crippen LogP contribution in [0.4, 0.5) is 5.69 Å². The summed E-state index contributed by atoms with van der Waals surface area (Å²) in [5, 5.41) is 11.6. The Labute approximate surface area is 163 Å². The number of nitrogens with one attached hydrogen (secondary N) is 1. The smallest absolute Gasteiger partial charge is 0.335 e. The molecule has 0 saturated carbocycles. The summed E-state index contributed by atoms with van der Waals surface area (Å²) in [5.74, 6) is -0.661. The Morgan fingerprint density at radius 1 is 1.00 bits per heavy atom. The maximum atomic E-state index is 12.3. The minimum atomic E-state index is -1.09. The molecule has 0 bridgehead atoms. The number of ketones is 1. The van der Waals surface area contributed by atoms with Gasteiger partial charge in [0, 0.05) is 18.4 Å². The van der Waals surface area contributed by atoms with Crippen LogP contribution >= 0.6 is 0 Å². The summed E-state index contributed by atoms with van der Waals surface area (Å²) in [6.07, 6.45) is 0.951. The molecule has 0 aliphatic carbocycles. The van der Waals surface area contributed by atoms with E-state index in [0.29, 0.717) is 23.6 Å². The van der Waals surface area contributed by atoms with Crippen LogP contribution in [0.25, 0.3) is 0 Å². The number of amides is 1. The lowest BCUT2D eigenvalue weighted by Gasteiger charge is -2.11. The second kappa shape index (κ2) is 10.1. The number of carbonyl (C=O) groups is 3. The Hall–Kier alpha value is -3.35. The third kappa shape index (κ3) is 5.84. The first-order valence-electron chi connectivity index (χ1n) is 8.91. The van der Waals surface area contributed by atoms with Gasteiger partial charge in [-0.3, -0.25) is 9.59 Å². The van der Waals surface area contributed by atoms with Gasteiger partial charge in [0.1, 0.15) is 11.5 Å². The average molecular weight is 385 g/mol. The van der Waals surface area contributed by atoms with Crippen LogP contribution in [0, 0.1) is 0 Å². The van der Waals surface area contributed by atoms with E-state index in [9.17, 15) is 14.4 Å². The average Bonchev–Trinajstić information content (AvgIpc) is 2.71. The van der Waals surface area contributed by atoms with Crippen LogP contribution in [-0.2, 0) is 4.79 Å². The molecule has 28 heavy (non-hydrogen) atoms. The first-order chi connectivity index (χ1) is 13.4. The minimum Gasteiger partial charge on any atom is -0.495 e. The van der Waals surface area contributed by atoms with Crippen LogP contribution < -0.4 is 14.8 Å². The van der Waals surface area contributed by atoms with Gasteiger partial charge in [-0.15, -0.1) is 0 Å². The lowest BCUT2D eigenvalue weighted by atomic mass is 10.1. The van der Waals surface area contributed by atoms with Crippen molar-refractivity contribution in [2.45, 2.75) is 26.2 Å². The van der Waals surface area contributed by atoms with Crippen molar-refractivity contribution in [3.8, 4) is 11.5 Å². The zero-order valence-corrected chi connectivity index (χ0v) is 15.9. The zero-order chi connectivity index (χ0) is 20.5. The van der Waals surface area contributed by atoms with E-state index in [0.717, 1.165) is 6.42 Å².